The van der Waals surface area contributed by atoms with E-state index in [1.165, 1.54) is 11.0 Å². The Balaban J connectivity index is 1.98. The van der Waals surface area contributed by atoms with Crippen LogP contribution in [0.15, 0.2) is 52.4 Å². The summed E-state index contributed by atoms with van der Waals surface area (Å²) in [6, 6.07) is 10.3. The van der Waals surface area contributed by atoms with Crippen molar-refractivity contribution in [2.45, 2.75) is 6.92 Å². The molecule has 2 aromatic carbocycles. The molecule has 1 aliphatic rings. The van der Waals surface area contributed by atoms with Crippen LogP contribution in [0.2, 0.25) is 5.02 Å². The van der Waals surface area contributed by atoms with Crippen LogP contribution in [0.25, 0.3) is 6.08 Å². The number of carbonyl (C=O) groups excluding carboxylic acids is 1. The molecular formula is C18H13ClF2N2OS. The average Bonchev–Trinajstić information content (AvgIpc) is 2.87. The first-order valence-electron chi connectivity index (χ1n) is 7.49. The number of nitrogens with zero attached hydrogens (tertiary/aromatic N) is 2. The van der Waals surface area contributed by atoms with Crippen molar-refractivity contribution in [3.8, 4) is 0 Å². The maximum absolute atomic E-state index is 13.8. The number of halogens is 3. The molecule has 0 unspecified atom stereocenters. The van der Waals surface area contributed by atoms with Gasteiger partial charge in [-0.3, -0.25) is 9.69 Å². The molecule has 0 aliphatic carbocycles. The molecule has 25 heavy (non-hydrogen) atoms. The van der Waals surface area contributed by atoms with Crippen molar-refractivity contribution < 1.29 is 13.6 Å². The fourth-order valence-corrected chi connectivity index (χ4v) is 3.52. The predicted molar refractivity (Wildman–Crippen MR) is 97.9 cm³/mol. The number of hydrogen-bond donors (Lipinski definition) is 0. The monoisotopic (exact) mass is 378 g/mol. The topological polar surface area (TPSA) is 32.7 Å². The van der Waals surface area contributed by atoms with Crippen molar-refractivity contribution in [3.05, 3.63) is 69.6 Å². The first-order chi connectivity index (χ1) is 12.0. The van der Waals surface area contributed by atoms with Gasteiger partial charge in [0.05, 0.1) is 4.91 Å². The fraction of sp³-hybridized carbons (Fsp3) is 0.111. The largest absolute Gasteiger partial charge is 0.287 e. The minimum atomic E-state index is -0.778. The van der Waals surface area contributed by atoms with Gasteiger partial charge in [0.1, 0.15) is 11.5 Å². The summed E-state index contributed by atoms with van der Waals surface area (Å²) in [5, 5.41) is 0.873. The molecule has 1 amide bonds. The van der Waals surface area contributed by atoms with Gasteiger partial charge in [-0.1, -0.05) is 29.8 Å². The summed E-state index contributed by atoms with van der Waals surface area (Å²) in [4.78, 5) is 18.6. The number of amides is 1. The zero-order valence-corrected chi connectivity index (χ0v) is 14.7. The molecule has 1 heterocycles. The van der Waals surface area contributed by atoms with Gasteiger partial charge in [-0.05, 0) is 48.5 Å². The summed E-state index contributed by atoms with van der Waals surface area (Å²) in [7, 11) is 0. The van der Waals surface area contributed by atoms with Crippen molar-refractivity contribution in [1.29, 1.82) is 0 Å². The van der Waals surface area contributed by atoms with Crippen LogP contribution < -0.4 is 0 Å². The van der Waals surface area contributed by atoms with E-state index in [0.717, 1.165) is 23.9 Å². The third kappa shape index (κ3) is 3.75. The second kappa shape index (κ2) is 7.37. The van der Waals surface area contributed by atoms with E-state index in [0.29, 0.717) is 27.2 Å². The molecule has 0 saturated carbocycles. The molecule has 7 heteroatoms. The zero-order valence-electron chi connectivity index (χ0n) is 13.2. The highest BCUT2D eigenvalue weighted by Gasteiger charge is 2.32. The number of carbonyl (C=O) groups is 1. The summed E-state index contributed by atoms with van der Waals surface area (Å²) in [6.07, 6.45) is 1.68. The van der Waals surface area contributed by atoms with E-state index in [2.05, 4.69) is 4.99 Å². The lowest BCUT2D eigenvalue weighted by molar-refractivity contribution is -0.122. The van der Waals surface area contributed by atoms with Crippen molar-refractivity contribution in [2.75, 3.05) is 6.54 Å². The molecule has 1 aliphatic heterocycles. The molecule has 0 radical (unpaired) electrons. The van der Waals surface area contributed by atoms with Gasteiger partial charge in [0.25, 0.3) is 5.91 Å². The number of thioether (sulfide) groups is 1. The average molecular weight is 379 g/mol. The van der Waals surface area contributed by atoms with Crippen molar-refractivity contribution in [3.63, 3.8) is 0 Å². The quantitative estimate of drug-likeness (QED) is 0.684. The summed E-state index contributed by atoms with van der Waals surface area (Å²) < 4.78 is 26.9. The number of aliphatic imine (C=N–C) groups is 1. The number of amidine groups is 1. The van der Waals surface area contributed by atoms with Gasteiger partial charge in [0.15, 0.2) is 11.0 Å². The van der Waals surface area contributed by atoms with Gasteiger partial charge in [0, 0.05) is 17.6 Å². The number of benzene rings is 2. The van der Waals surface area contributed by atoms with Crippen LogP contribution in [-0.4, -0.2) is 22.5 Å². The third-order valence-corrected chi connectivity index (χ3v) is 4.87. The Hall–Kier alpha value is -2.18. The van der Waals surface area contributed by atoms with E-state index in [-0.39, 0.29) is 11.6 Å². The van der Waals surface area contributed by atoms with Crippen molar-refractivity contribution in [2.24, 2.45) is 4.99 Å². The van der Waals surface area contributed by atoms with Crippen LogP contribution >= 0.6 is 23.4 Å². The zero-order chi connectivity index (χ0) is 18.0. The van der Waals surface area contributed by atoms with Gasteiger partial charge in [-0.15, -0.1) is 0 Å². The van der Waals surface area contributed by atoms with Gasteiger partial charge >= 0.3 is 0 Å². The van der Waals surface area contributed by atoms with Crippen LogP contribution in [0, 0.1) is 11.6 Å². The summed E-state index contributed by atoms with van der Waals surface area (Å²) in [5.41, 5.74) is 0.694. The SMILES string of the molecule is CCN1C(=O)/C(=C\c2ccccc2Cl)SC1=Nc1ccc(F)cc1F. The van der Waals surface area contributed by atoms with E-state index in [4.69, 9.17) is 11.6 Å². The summed E-state index contributed by atoms with van der Waals surface area (Å²) >= 11 is 7.26. The Morgan fingerprint density at radius 3 is 2.68 bits per heavy atom. The molecule has 0 aromatic heterocycles. The first kappa shape index (κ1) is 17.6. The molecule has 0 bridgehead atoms. The van der Waals surface area contributed by atoms with Gasteiger partial charge < -0.3 is 0 Å². The first-order valence-corrected chi connectivity index (χ1v) is 8.68. The Bertz CT molecular complexity index is 898. The lowest BCUT2D eigenvalue weighted by Gasteiger charge is -2.12. The van der Waals surface area contributed by atoms with Crippen LogP contribution in [0.1, 0.15) is 12.5 Å². The highest BCUT2D eigenvalue weighted by molar-refractivity contribution is 8.18. The van der Waals surface area contributed by atoms with E-state index in [1.807, 2.05) is 6.07 Å². The van der Waals surface area contributed by atoms with Gasteiger partial charge in [-0.2, -0.15) is 0 Å². The van der Waals surface area contributed by atoms with Crippen molar-refractivity contribution in [1.82, 2.24) is 4.90 Å². The van der Waals surface area contributed by atoms with Crippen LogP contribution in [-0.2, 0) is 4.79 Å². The third-order valence-electron chi connectivity index (χ3n) is 3.52. The molecule has 0 N–H and O–H groups in total. The Morgan fingerprint density at radius 2 is 2.00 bits per heavy atom. The number of hydrogen-bond acceptors (Lipinski definition) is 3. The van der Waals surface area contributed by atoms with Crippen LogP contribution in [0.5, 0.6) is 0 Å². The van der Waals surface area contributed by atoms with E-state index < -0.39 is 11.6 Å². The van der Waals surface area contributed by atoms with E-state index in [9.17, 15) is 13.6 Å². The molecule has 0 spiro atoms. The normalized spacial score (nSPS) is 17.8. The minimum Gasteiger partial charge on any atom is -0.287 e. The number of likely N-dealkylation sites (N-methyl/N-ethyl adjacent to an activating group) is 1. The highest BCUT2D eigenvalue weighted by Crippen LogP contribution is 2.35. The molecule has 2 aromatic rings. The fourth-order valence-electron chi connectivity index (χ4n) is 2.28. The maximum atomic E-state index is 13.8. The minimum absolute atomic E-state index is 0.0193. The second-order valence-electron chi connectivity index (χ2n) is 5.17. The van der Waals surface area contributed by atoms with E-state index in [1.54, 1.807) is 31.2 Å². The second-order valence-corrected chi connectivity index (χ2v) is 6.59. The summed E-state index contributed by atoms with van der Waals surface area (Å²) in [5.74, 6) is -1.68. The Labute approximate surface area is 153 Å². The molecule has 0 atom stereocenters. The highest BCUT2D eigenvalue weighted by atomic mass is 35.5. The number of rotatable bonds is 3. The lowest BCUT2D eigenvalue weighted by Crippen LogP contribution is -2.28. The molecule has 128 valence electrons. The smallest absolute Gasteiger partial charge is 0.266 e. The van der Waals surface area contributed by atoms with Gasteiger partial charge in [-0.25, -0.2) is 13.8 Å². The molecule has 3 rings (SSSR count). The molecule has 1 fully saturated rings. The summed E-state index contributed by atoms with van der Waals surface area (Å²) in [6.45, 7) is 2.18. The van der Waals surface area contributed by atoms with Crippen molar-refractivity contribution >= 4 is 46.2 Å². The van der Waals surface area contributed by atoms with Crippen LogP contribution in [0.3, 0.4) is 0 Å². The Morgan fingerprint density at radius 1 is 1.24 bits per heavy atom. The molecular weight excluding hydrogens is 366 g/mol. The molecule has 3 nitrogen and oxygen atoms in total. The van der Waals surface area contributed by atoms with E-state index >= 15 is 0 Å². The predicted octanol–water partition coefficient (Wildman–Crippen LogP) is 5.24. The maximum Gasteiger partial charge on any atom is 0.266 e. The standard InChI is InChI=1S/C18H13ClF2N2OS/c1-2-23-17(24)16(9-11-5-3-4-6-13(11)19)25-18(23)22-15-8-7-12(20)10-14(15)21/h3-10H,2H2,1H3/b16-9+,22-18?. The Kier molecular flexibility index (Phi) is 5.20. The lowest BCUT2D eigenvalue weighted by atomic mass is 10.2. The van der Waals surface area contributed by atoms with Gasteiger partial charge in [0.2, 0.25) is 0 Å². The van der Waals surface area contributed by atoms with Crippen LogP contribution in [0.4, 0.5) is 14.5 Å². The molecule has 1 saturated heterocycles.